The maximum Gasteiger partial charge on any atom is 0.0880 e. The zero-order chi connectivity index (χ0) is 10.5. The van der Waals surface area contributed by atoms with Crippen LogP contribution in [0.15, 0.2) is 43.0 Å². The van der Waals surface area contributed by atoms with Crippen LogP contribution in [-0.4, -0.2) is 30.7 Å². The van der Waals surface area contributed by atoms with Gasteiger partial charge in [-0.3, -0.25) is 4.90 Å². The summed E-state index contributed by atoms with van der Waals surface area (Å²) in [6.45, 7) is 7.56. The quantitative estimate of drug-likeness (QED) is 0.697. The first kappa shape index (κ1) is 10.4. The Kier molecular flexibility index (Phi) is 3.54. The second-order valence-corrected chi connectivity index (χ2v) is 3.87. The molecule has 0 aliphatic carbocycles. The lowest BCUT2D eigenvalue weighted by Gasteiger charge is -2.31. The molecule has 1 aromatic carbocycles. The Balaban J connectivity index is 1.92. The standard InChI is InChI=1S/C13H17NO/c1-2-13-11-14(8-9-15-13)10-12-6-4-3-5-7-12/h2-7,13H,1,8-11H2/t13-/m0/s1. The first-order valence-corrected chi connectivity index (χ1v) is 5.39. The van der Waals surface area contributed by atoms with E-state index < -0.39 is 0 Å². The molecule has 0 bridgehead atoms. The molecule has 0 spiro atoms. The highest BCUT2D eigenvalue weighted by atomic mass is 16.5. The summed E-state index contributed by atoms with van der Waals surface area (Å²) >= 11 is 0. The van der Waals surface area contributed by atoms with Gasteiger partial charge in [0.2, 0.25) is 0 Å². The maximum absolute atomic E-state index is 5.54. The van der Waals surface area contributed by atoms with Gasteiger partial charge in [0.25, 0.3) is 0 Å². The summed E-state index contributed by atoms with van der Waals surface area (Å²) < 4.78 is 5.54. The first-order valence-electron chi connectivity index (χ1n) is 5.39. The summed E-state index contributed by atoms with van der Waals surface area (Å²) in [6, 6.07) is 10.5. The minimum absolute atomic E-state index is 0.197. The van der Waals surface area contributed by atoms with E-state index in [1.807, 2.05) is 6.08 Å². The van der Waals surface area contributed by atoms with Gasteiger partial charge < -0.3 is 4.74 Å². The van der Waals surface area contributed by atoms with Crippen molar-refractivity contribution in [2.45, 2.75) is 12.6 Å². The molecule has 0 radical (unpaired) electrons. The topological polar surface area (TPSA) is 12.5 Å². The molecule has 2 rings (SSSR count). The van der Waals surface area contributed by atoms with Gasteiger partial charge in [0.05, 0.1) is 12.7 Å². The van der Waals surface area contributed by atoms with E-state index in [0.29, 0.717) is 0 Å². The Hall–Kier alpha value is -1.12. The SMILES string of the molecule is C=C[C@H]1CN(Cc2ccccc2)CCO1. The fraction of sp³-hybridized carbons (Fsp3) is 0.385. The van der Waals surface area contributed by atoms with Gasteiger partial charge in [0, 0.05) is 19.6 Å². The summed E-state index contributed by atoms with van der Waals surface area (Å²) in [5.41, 5.74) is 1.36. The Labute approximate surface area is 91.2 Å². The molecular formula is C13H17NO. The van der Waals surface area contributed by atoms with Crippen LogP contribution in [-0.2, 0) is 11.3 Å². The van der Waals surface area contributed by atoms with E-state index in [2.05, 4.69) is 41.8 Å². The molecule has 1 heterocycles. The van der Waals surface area contributed by atoms with Crippen molar-refractivity contribution in [3.05, 3.63) is 48.6 Å². The van der Waals surface area contributed by atoms with Crippen molar-refractivity contribution in [1.82, 2.24) is 4.90 Å². The third kappa shape index (κ3) is 2.91. The maximum atomic E-state index is 5.54. The normalized spacial score (nSPS) is 22.5. The second kappa shape index (κ2) is 5.10. The number of nitrogens with zero attached hydrogens (tertiary/aromatic N) is 1. The molecule has 0 N–H and O–H groups in total. The lowest BCUT2D eigenvalue weighted by atomic mass is 10.2. The third-order valence-electron chi connectivity index (χ3n) is 2.69. The van der Waals surface area contributed by atoms with Gasteiger partial charge in [0.15, 0.2) is 0 Å². The van der Waals surface area contributed by atoms with E-state index in [4.69, 9.17) is 4.74 Å². The monoisotopic (exact) mass is 203 g/mol. The fourth-order valence-corrected chi connectivity index (χ4v) is 1.86. The average molecular weight is 203 g/mol. The molecule has 1 saturated heterocycles. The molecule has 0 unspecified atom stereocenters. The summed E-state index contributed by atoms with van der Waals surface area (Å²) in [5.74, 6) is 0. The number of hydrogen-bond donors (Lipinski definition) is 0. The van der Waals surface area contributed by atoms with Crippen molar-refractivity contribution in [1.29, 1.82) is 0 Å². The zero-order valence-corrected chi connectivity index (χ0v) is 8.93. The summed E-state index contributed by atoms with van der Waals surface area (Å²) in [6.07, 6.45) is 2.08. The van der Waals surface area contributed by atoms with Crippen molar-refractivity contribution in [2.75, 3.05) is 19.7 Å². The van der Waals surface area contributed by atoms with E-state index in [1.165, 1.54) is 5.56 Å². The number of hydrogen-bond acceptors (Lipinski definition) is 2. The van der Waals surface area contributed by atoms with Crippen LogP contribution in [0, 0.1) is 0 Å². The summed E-state index contributed by atoms with van der Waals surface area (Å²) in [4.78, 5) is 2.41. The van der Waals surface area contributed by atoms with Crippen LogP contribution >= 0.6 is 0 Å². The molecular weight excluding hydrogens is 186 g/mol. The van der Waals surface area contributed by atoms with Crippen LogP contribution in [0.3, 0.4) is 0 Å². The van der Waals surface area contributed by atoms with E-state index in [1.54, 1.807) is 0 Å². The first-order chi connectivity index (χ1) is 7.38. The van der Waals surface area contributed by atoms with E-state index in [0.717, 1.165) is 26.2 Å². The second-order valence-electron chi connectivity index (χ2n) is 3.87. The highest BCUT2D eigenvalue weighted by Crippen LogP contribution is 2.10. The zero-order valence-electron chi connectivity index (χ0n) is 8.93. The lowest BCUT2D eigenvalue weighted by Crippen LogP contribution is -2.40. The molecule has 1 aliphatic rings. The van der Waals surface area contributed by atoms with Crippen LogP contribution in [0.4, 0.5) is 0 Å². The Morgan fingerprint density at radius 1 is 1.40 bits per heavy atom. The molecule has 1 aliphatic heterocycles. The van der Waals surface area contributed by atoms with E-state index in [9.17, 15) is 0 Å². The van der Waals surface area contributed by atoms with E-state index in [-0.39, 0.29) is 6.10 Å². The van der Waals surface area contributed by atoms with Gasteiger partial charge in [0.1, 0.15) is 0 Å². The molecule has 15 heavy (non-hydrogen) atoms. The molecule has 1 atom stereocenters. The molecule has 0 aromatic heterocycles. The molecule has 0 amide bonds. The number of benzene rings is 1. The predicted molar refractivity (Wildman–Crippen MR) is 61.7 cm³/mol. The molecule has 1 fully saturated rings. The highest BCUT2D eigenvalue weighted by molar-refractivity contribution is 5.14. The molecule has 2 nitrogen and oxygen atoms in total. The van der Waals surface area contributed by atoms with Crippen molar-refractivity contribution in [2.24, 2.45) is 0 Å². The van der Waals surface area contributed by atoms with Gasteiger partial charge in [-0.25, -0.2) is 0 Å². The average Bonchev–Trinajstić information content (AvgIpc) is 2.31. The van der Waals surface area contributed by atoms with E-state index >= 15 is 0 Å². The Morgan fingerprint density at radius 2 is 2.20 bits per heavy atom. The number of ether oxygens (including phenoxy) is 1. The van der Waals surface area contributed by atoms with Crippen LogP contribution < -0.4 is 0 Å². The fourth-order valence-electron chi connectivity index (χ4n) is 1.86. The Bertz CT molecular complexity index is 310. The number of rotatable bonds is 3. The molecule has 0 saturated carbocycles. The number of morpholine rings is 1. The summed E-state index contributed by atoms with van der Waals surface area (Å²) in [5, 5.41) is 0. The van der Waals surface area contributed by atoms with Crippen molar-refractivity contribution in [3.8, 4) is 0 Å². The largest absolute Gasteiger partial charge is 0.371 e. The summed E-state index contributed by atoms with van der Waals surface area (Å²) in [7, 11) is 0. The smallest absolute Gasteiger partial charge is 0.0880 e. The van der Waals surface area contributed by atoms with Crippen molar-refractivity contribution >= 4 is 0 Å². The van der Waals surface area contributed by atoms with Crippen LogP contribution in [0.25, 0.3) is 0 Å². The van der Waals surface area contributed by atoms with Gasteiger partial charge in [-0.05, 0) is 5.56 Å². The molecule has 2 heteroatoms. The third-order valence-corrected chi connectivity index (χ3v) is 2.69. The minimum Gasteiger partial charge on any atom is -0.371 e. The molecule has 80 valence electrons. The predicted octanol–water partition coefficient (Wildman–Crippen LogP) is 2.07. The van der Waals surface area contributed by atoms with Gasteiger partial charge in [-0.2, -0.15) is 0 Å². The van der Waals surface area contributed by atoms with Crippen molar-refractivity contribution < 1.29 is 4.74 Å². The van der Waals surface area contributed by atoms with Crippen LogP contribution in [0.5, 0.6) is 0 Å². The van der Waals surface area contributed by atoms with Crippen molar-refractivity contribution in [3.63, 3.8) is 0 Å². The van der Waals surface area contributed by atoms with Gasteiger partial charge in [-0.1, -0.05) is 36.4 Å². The Morgan fingerprint density at radius 3 is 2.93 bits per heavy atom. The lowest BCUT2D eigenvalue weighted by molar-refractivity contribution is -0.00631. The molecule has 1 aromatic rings. The van der Waals surface area contributed by atoms with Gasteiger partial charge in [-0.15, -0.1) is 6.58 Å². The highest BCUT2D eigenvalue weighted by Gasteiger charge is 2.17. The van der Waals surface area contributed by atoms with Crippen LogP contribution in [0.2, 0.25) is 0 Å². The van der Waals surface area contributed by atoms with Crippen LogP contribution in [0.1, 0.15) is 5.56 Å². The minimum atomic E-state index is 0.197. The van der Waals surface area contributed by atoms with Gasteiger partial charge >= 0.3 is 0 Å².